The van der Waals surface area contributed by atoms with Gasteiger partial charge in [-0.2, -0.15) is 13.2 Å². The fourth-order valence-electron chi connectivity index (χ4n) is 5.09. The quantitative estimate of drug-likeness (QED) is 0.280. The van der Waals surface area contributed by atoms with Crippen molar-refractivity contribution >= 4 is 17.5 Å². The summed E-state index contributed by atoms with van der Waals surface area (Å²) in [4.78, 5) is 34.2. The molecule has 0 atom stereocenters. The summed E-state index contributed by atoms with van der Waals surface area (Å²) in [7, 11) is 0. The van der Waals surface area contributed by atoms with E-state index in [0.717, 1.165) is 52.8 Å². The lowest BCUT2D eigenvalue weighted by atomic mass is 9.93. The topological polar surface area (TPSA) is 76.3 Å². The largest absolute Gasteiger partial charge is 0.416 e. The van der Waals surface area contributed by atoms with Gasteiger partial charge in [0.05, 0.1) is 24.1 Å². The van der Waals surface area contributed by atoms with Gasteiger partial charge in [0.15, 0.2) is 5.78 Å². The Balaban J connectivity index is 1.26. The van der Waals surface area contributed by atoms with Crippen LogP contribution in [0.1, 0.15) is 56.7 Å². The van der Waals surface area contributed by atoms with Crippen molar-refractivity contribution in [2.24, 2.45) is 10.9 Å². The summed E-state index contributed by atoms with van der Waals surface area (Å²) in [5.41, 5.74) is 5.41. The van der Waals surface area contributed by atoms with E-state index in [-0.39, 0.29) is 29.6 Å². The molecule has 9 heteroatoms. The Morgan fingerprint density at radius 3 is 2.51 bits per heavy atom. The first kappa shape index (κ1) is 26.7. The minimum absolute atomic E-state index is 0.00997. The van der Waals surface area contributed by atoms with Crippen molar-refractivity contribution in [3.63, 3.8) is 0 Å². The Labute approximate surface area is 235 Å². The summed E-state index contributed by atoms with van der Waals surface area (Å²) in [5.74, 6) is 0.403. The predicted molar refractivity (Wildman–Crippen MR) is 149 cm³/mol. The lowest BCUT2D eigenvalue weighted by Gasteiger charge is -2.14. The maximum absolute atomic E-state index is 13.7. The number of carbonyl (C=O) groups excluding carboxylic acids is 2. The van der Waals surface area contributed by atoms with E-state index in [1.165, 1.54) is 10.9 Å². The molecule has 0 saturated heterocycles. The first-order chi connectivity index (χ1) is 19.5. The third-order valence-corrected chi connectivity index (χ3v) is 7.51. The Bertz CT molecular complexity index is 1730. The number of hydrogen-bond donors (Lipinski definition) is 1. The zero-order valence-corrected chi connectivity index (χ0v) is 22.5. The Hall–Kier alpha value is -4.53. The summed E-state index contributed by atoms with van der Waals surface area (Å²) in [6.45, 7) is 4.15. The van der Waals surface area contributed by atoms with Crippen LogP contribution in [-0.4, -0.2) is 27.1 Å². The highest BCUT2D eigenvalue weighted by molar-refractivity contribution is 6.11. The van der Waals surface area contributed by atoms with Crippen molar-refractivity contribution in [1.82, 2.24) is 14.9 Å². The summed E-state index contributed by atoms with van der Waals surface area (Å²) in [6, 6.07) is 14.9. The molecule has 0 unspecified atom stereocenters. The zero-order chi connectivity index (χ0) is 28.9. The summed E-state index contributed by atoms with van der Waals surface area (Å²) in [6.07, 6.45) is 0.178. The molecule has 2 aliphatic rings. The number of imidazole rings is 1. The van der Waals surface area contributed by atoms with E-state index in [0.29, 0.717) is 29.3 Å². The summed E-state index contributed by atoms with van der Waals surface area (Å²) >= 11 is 0. The molecule has 2 heterocycles. The molecule has 6 nitrogen and oxygen atoms in total. The van der Waals surface area contributed by atoms with E-state index in [9.17, 15) is 22.8 Å². The number of rotatable bonds is 6. The number of carbonyl (C=O) groups is 2. The number of alkyl halides is 3. The molecule has 1 N–H and O–H groups in total. The summed E-state index contributed by atoms with van der Waals surface area (Å²) < 4.78 is 42.6. The van der Waals surface area contributed by atoms with Gasteiger partial charge in [0.2, 0.25) is 5.91 Å². The monoisotopic (exact) mass is 556 g/mol. The van der Waals surface area contributed by atoms with E-state index in [4.69, 9.17) is 0 Å². The maximum Gasteiger partial charge on any atom is 0.416 e. The van der Waals surface area contributed by atoms with Crippen LogP contribution in [0.4, 0.5) is 13.2 Å². The number of hydrogen-bond acceptors (Lipinski definition) is 4. The number of fused-ring (bicyclic) bond motifs is 1. The molecule has 6 rings (SSSR count). The lowest BCUT2D eigenvalue weighted by Crippen LogP contribution is -2.31. The predicted octanol–water partition coefficient (Wildman–Crippen LogP) is 6.39. The van der Waals surface area contributed by atoms with Crippen LogP contribution < -0.4 is 5.32 Å². The molecule has 1 saturated carbocycles. The first-order valence-corrected chi connectivity index (χ1v) is 13.4. The number of nitrogens with one attached hydrogen (secondary N) is 1. The average Bonchev–Trinajstić information content (AvgIpc) is 3.59. The molecule has 0 radical (unpaired) electrons. The third-order valence-electron chi connectivity index (χ3n) is 7.51. The number of amides is 1. The number of aromatic nitrogens is 2. The SMILES string of the molecule is Cc1cn(-c2cc(CC(=O)c3ccc(C)c(-c4ccc5c(c4)CN=C5NC(=O)C4CC4)c3)cc(C(F)(F)F)c2)cn1. The highest BCUT2D eigenvalue weighted by Gasteiger charge is 2.32. The number of aliphatic imine (C=N–C) groups is 1. The minimum Gasteiger partial charge on any atom is -0.310 e. The first-order valence-electron chi connectivity index (χ1n) is 13.4. The molecular weight excluding hydrogens is 529 g/mol. The molecule has 4 aromatic rings. The second-order valence-corrected chi connectivity index (χ2v) is 10.7. The Kier molecular flexibility index (Phi) is 6.60. The van der Waals surface area contributed by atoms with Crippen LogP contribution in [0.15, 0.2) is 72.1 Å². The number of benzene rings is 3. The van der Waals surface area contributed by atoms with E-state index in [2.05, 4.69) is 15.3 Å². The second-order valence-electron chi connectivity index (χ2n) is 10.7. The highest BCUT2D eigenvalue weighted by Crippen LogP contribution is 2.33. The molecule has 0 bridgehead atoms. The molecular formula is C32H27F3N4O2. The van der Waals surface area contributed by atoms with E-state index >= 15 is 0 Å². The molecule has 208 valence electrons. The molecule has 1 aliphatic carbocycles. The second kappa shape index (κ2) is 10.1. The van der Waals surface area contributed by atoms with Gasteiger partial charge in [0.25, 0.3) is 0 Å². The third kappa shape index (κ3) is 5.57. The summed E-state index contributed by atoms with van der Waals surface area (Å²) in [5, 5.41) is 2.93. The number of halogens is 3. The standard InChI is InChI=1S/C32H27F3N4O2/c1-18-3-4-23(13-28(18)22-7-8-27-24(12-22)15-36-30(27)38-31(41)21-5-6-21)29(40)11-20-9-25(32(33,34)35)14-26(10-20)39-16-19(2)37-17-39/h3-4,7-10,12-14,16-17,21H,5-6,11,15H2,1-2H3,(H,36,38,41). The van der Waals surface area contributed by atoms with Gasteiger partial charge in [0, 0.05) is 35.3 Å². The van der Waals surface area contributed by atoms with Crippen LogP contribution in [0, 0.1) is 19.8 Å². The van der Waals surface area contributed by atoms with Crippen LogP contribution in [0.25, 0.3) is 16.8 Å². The molecule has 3 aromatic carbocycles. The van der Waals surface area contributed by atoms with Crippen molar-refractivity contribution in [2.45, 2.75) is 45.8 Å². The van der Waals surface area contributed by atoms with Gasteiger partial charge in [-0.25, -0.2) is 4.98 Å². The molecule has 41 heavy (non-hydrogen) atoms. The number of ketones is 1. The van der Waals surface area contributed by atoms with Crippen LogP contribution in [0.2, 0.25) is 0 Å². The Morgan fingerprint density at radius 2 is 1.80 bits per heavy atom. The van der Waals surface area contributed by atoms with Gasteiger partial charge in [-0.1, -0.05) is 24.3 Å². The maximum atomic E-state index is 13.7. The van der Waals surface area contributed by atoms with Crippen LogP contribution in [0.3, 0.4) is 0 Å². The highest BCUT2D eigenvalue weighted by atomic mass is 19.4. The molecule has 1 aliphatic heterocycles. The zero-order valence-electron chi connectivity index (χ0n) is 22.5. The average molecular weight is 557 g/mol. The van der Waals surface area contributed by atoms with Crippen LogP contribution in [-0.2, 0) is 23.9 Å². The molecule has 1 aromatic heterocycles. The minimum atomic E-state index is -4.56. The van der Waals surface area contributed by atoms with Crippen LogP contribution in [0.5, 0.6) is 0 Å². The van der Waals surface area contributed by atoms with Crippen LogP contribution >= 0.6 is 0 Å². The van der Waals surface area contributed by atoms with Crippen molar-refractivity contribution in [3.05, 3.63) is 106 Å². The van der Waals surface area contributed by atoms with Crippen molar-refractivity contribution in [2.75, 3.05) is 0 Å². The number of aryl methyl sites for hydroxylation is 2. The fourth-order valence-corrected chi connectivity index (χ4v) is 5.09. The molecule has 1 fully saturated rings. The van der Waals surface area contributed by atoms with Gasteiger partial charge >= 0.3 is 6.18 Å². The van der Waals surface area contributed by atoms with Gasteiger partial charge < -0.3 is 9.88 Å². The van der Waals surface area contributed by atoms with Crippen molar-refractivity contribution < 1.29 is 22.8 Å². The van der Waals surface area contributed by atoms with E-state index in [1.54, 1.807) is 31.3 Å². The number of nitrogens with zero attached hydrogens (tertiary/aromatic N) is 3. The lowest BCUT2D eigenvalue weighted by molar-refractivity contribution is -0.137. The number of Topliss-reactive ketones (excluding diaryl/α,β-unsaturated/α-hetero) is 1. The fraction of sp³-hybridized carbons (Fsp3) is 0.250. The molecule has 0 spiro atoms. The van der Waals surface area contributed by atoms with Gasteiger partial charge in [-0.3, -0.25) is 14.6 Å². The van der Waals surface area contributed by atoms with E-state index in [1.807, 2.05) is 31.2 Å². The van der Waals surface area contributed by atoms with Gasteiger partial charge in [-0.15, -0.1) is 0 Å². The normalized spacial score (nSPS) is 14.5. The number of amidine groups is 1. The van der Waals surface area contributed by atoms with Gasteiger partial charge in [0.1, 0.15) is 5.84 Å². The smallest absolute Gasteiger partial charge is 0.310 e. The van der Waals surface area contributed by atoms with Gasteiger partial charge in [-0.05, 0) is 84.8 Å². The van der Waals surface area contributed by atoms with Crippen molar-refractivity contribution in [3.8, 4) is 16.8 Å². The molecule has 1 amide bonds. The van der Waals surface area contributed by atoms with E-state index < -0.39 is 11.7 Å². The Morgan fingerprint density at radius 1 is 1.00 bits per heavy atom. The van der Waals surface area contributed by atoms with Crippen molar-refractivity contribution in [1.29, 1.82) is 0 Å².